The first-order chi connectivity index (χ1) is 7.74. The highest BCUT2D eigenvalue weighted by Gasteiger charge is 2.08. The maximum atomic E-state index is 13.1. The average molecular weight is 219 g/mol. The van der Waals surface area contributed by atoms with Crippen LogP contribution in [0, 0.1) is 5.82 Å². The lowest BCUT2D eigenvalue weighted by Gasteiger charge is -2.06. The number of ether oxygens (including phenoxy) is 1. The van der Waals surface area contributed by atoms with E-state index in [1.54, 1.807) is 18.2 Å². The van der Waals surface area contributed by atoms with Crippen molar-refractivity contribution in [2.75, 3.05) is 7.11 Å². The van der Waals surface area contributed by atoms with Crippen LogP contribution in [0.2, 0.25) is 0 Å². The molecular formula is C12H10FNO2. The number of hydrogen-bond acceptors (Lipinski definition) is 2. The van der Waals surface area contributed by atoms with Crippen LogP contribution in [0.15, 0.2) is 30.3 Å². The number of aldehydes is 1. The van der Waals surface area contributed by atoms with Crippen molar-refractivity contribution in [2.24, 2.45) is 0 Å². The van der Waals surface area contributed by atoms with Gasteiger partial charge < -0.3 is 9.72 Å². The number of benzene rings is 1. The molecule has 0 fully saturated rings. The second kappa shape index (κ2) is 4.18. The van der Waals surface area contributed by atoms with Crippen molar-refractivity contribution in [3.8, 4) is 17.0 Å². The van der Waals surface area contributed by atoms with Gasteiger partial charge in [-0.15, -0.1) is 0 Å². The van der Waals surface area contributed by atoms with Crippen molar-refractivity contribution in [3.05, 3.63) is 41.8 Å². The molecule has 0 aliphatic rings. The normalized spacial score (nSPS) is 10.1. The van der Waals surface area contributed by atoms with Gasteiger partial charge in [0, 0.05) is 11.3 Å². The molecule has 3 nitrogen and oxygen atoms in total. The Morgan fingerprint density at radius 3 is 2.75 bits per heavy atom. The van der Waals surface area contributed by atoms with Crippen molar-refractivity contribution in [1.29, 1.82) is 0 Å². The van der Waals surface area contributed by atoms with E-state index in [2.05, 4.69) is 4.98 Å². The van der Waals surface area contributed by atoms with Crippen LogP contribution < -0.4 is 4.74 Å². The van der Waals surface area contributed by atoms with Crippen LogP contribution in [0.25, 0.3) is 11.3 Å². The third-order valence-corrected chi connectivity index (χ3v) is 2.29. The Morgan fingerprint density at radius 2 is 2.12 bits per heavy atom. The van der Waals surface area contributed by atoms with Crippen LogP contribution in [0.3, 0.4) is 0 Å². The molecule has 2 aromatic rings. The van der Waals surface area contributed by atoms with Crippen molar-refractivity contribution < 1.29 is 13.9 Å². The summed E-state index contributed by atoms with van der Waals surface area (Å²) in [7, 11) is 1.51. The first-order valence-electron chi connectivity index (χ1n) is 4.72. The SMILES string of the molecule is COc1ccc(F)cc1-c1ccc(C=O)[nH]1. The van der Waals surface area contributed by atoms with Gasteiger partial charge in [0.15, 0.2) is 6.29 Å². The molecule has 0 aliphatic carbocycles. The second-order valence-electron chi connectivity index (χ2n) is 3.29. The monoisotopic (exact) mass is 219 g/mol. The predicted octanol–water partition coefficient (Wildman–Crippen LogP) is 2.64. The highest BCUT2D eigenvalue weighted by Crippen LogP contribution is 2.29. The summed E-state index contributed by atoms with van der Waals surface area (Å²) >= 11 is 0. The molecule has 0 aliphatic heterocycles. The highest BCUT2D eigenvalue weighted by atomic mass is 19.1. The lowest BCUT2D eigenvalue weighted by Crippen LogP contribution is -1.89. The Kier molecular flexibility index (Phi) is 2.72. The summed E-state index contributed by atoms with van der Waals surface area (Å²) in [4.78, 5) is 13.4. The average Bonchev–Trinajstić information content (AvgIpc) is 2.77. The molecule has 0 bridgehead atoms. The zero-order valence-corrected chi connectivity index (χ0v) is 8.66. The summed E-state index contributed by atoms with van der Waals surface area (Å²) < 4.78 is 18.2. The lowest BCUT2D eigenvalue weighted by molar-refractivity contribution is 0.111. The van der Waals surface area contributed by atoms with Gasteiger partial charge in [0.2, 0.25) is 0 Å². The highest BCUT2D eigenvalue weighted by molar-refractivity contribution is 5.76. The Hall–Kier alpha value is -2.10. The van der Waals surface area contributed by atoms with Gasteiger partial charge in [0.1, 0.15) is 11.6 Å². The van der Waals surface area contributed by atoms with Crippen LogP contribution in [0.1, 0.15) is 10.5 Å². The molecule has 82 valence electrons. The molecule has 0 radical (unpaired) electrons. The van der Waals surface area contributed by atoms with Crippen molar-refractivity contribution in [1.82, 2.24) is 4.98 Å². The minimum atomic E-state index is -0.349. The van der Waals surface area contributed by atoms with E-state index in [9.17, 15) is 9.18 Å². The number of aromatic nitrogens is 1. The molecule has 0 saturated carbocycles. The zero-order chi connectivity index (χ0) is 11.5. The Balaban J connectivity index is 2.53. The fraction of sp³-hybridized carbons (Fsp3) is 0.0833. The molecular weight excluding hydrogens is 209 g/mol. The molecule has 1 N–H and O–H groups in total. The largest absolute Gasteiger partial charge is 0.496 e. The number of carbonyl (C=O) groups excluding carboxylic acids is 1. The van der Waals surface area contributed by atoms with E-state index < -0.39 is 0 Å². The van der Waals surface area contributed by atoms with Crippen LogP contribution in [-0.4, -0.2) is 18.4 Å². The molecule has 0 spiro atoms. The Bertz CT molecular complexity index is 519. The number of H-pyrrole nitrogens is 1. The number of nitrogens with one attached hydrogen (secondary N) is 1. The molecule has 4 heteroatoms. The van der Waals surface area contributed by atoms with E-state index in [0.29, 0.717) is 29.0 Å². The molecule has 2 rings (SSSR count). The van der Waals surface area contributed by atoms with E-state index in [1.165, 1.54) is 19.2 Å². The molecule has 0 atom stereocenters. The summed E-state index contributed by atoms with van der Waals surface area (Å²) in [5, 5.41) is 0. The number of hydrogen-bond donors (Lipinski definition) is 1. The minimum Gasteiger partial charge on any atom is -0.496 e. The number of methoxy groups -OCH3 is 1. The van der Waals surface area contributed by atoms with E-state index in [4.69, 9.17) is 4.74 Å². The van der Waals surface area contributed by atoms with E-state index in [1.807, 2.05) is 0 Å². The molecule has 16 heavy (non-hydrogen) atoms. The summed E-state index contributed by atoms with van der Waals surface area (Å²) in [6.07, 6.45) is 0.704. The van der Waals surface area contributed by atoms with Crippen molar-refractivity contribution in [2.45, 2.75) is 0 Å². The van der Waals surface area contributed by atoms with Crippen LogP contribution >= 0.6 is 0 Å². The third kappa shape index (κ3) is 1.82. The molecule has 0 unspecified atom stereocenters. The van der Waals surface area contributed by atoms with E-state index in [0.717, 1.165) is 0 Å². The van der Waals surface area contributed by atoms with Crippen LogP contribution in [0.5, 0.6) is 5.75 Å². The zero-order valence-electron chi connectivity index (χ0n) is 8.66. The number of halogens is 1. The van der Waals surface area contributed by atoms with Gasteiger partial charge in [-0.1, -0.05) is 0 Å². The van der Waals surface area contributed by atoms with Gasteiger partial charge in [-0.05, 0) is 30.3 Å². The summed E-state index contributed by atoms with van der Waals surface area (Å²) in [5.74, 6) is 0.207. The third-order valence-electron chi connectivity index (χ3n) is 2.29. The van der Waals surface area contributed by atoms with Crippen LogP contribution in [-0.2, 0) is 0 Å². The number of carbonyl (C=O) groups is 1. The van der Waals surface area contributed by atoms with Gasteiger partial charge in [0.25, 0.3) is 0 Å². The Morgan fingerprint density at radius 1 is 1.31 bits per heavy atom. The fourth-order valence-electron chi connectivity index (χ4n) is 1.53. The molecule has 1 aromatic carbocycles. The smallest absolute Gasteiger partial charge is 0.166 e. The predicted molar refractivity (Wildman–Crippen MR) is 58.1 cm³/mol. The van der Waals surface area contributed by atoms with E-state index in [-0.39, 0.29) is 5.82 Å². The maximum absolute atomic E-state index is 13.1. The van der Waals surface area contributed by atoms with Crippen molar-refractivity contribution in [3.63, 3.8) is 0 Å². The van der Waals surface area contributed by atoms with E-state index >= 15 is 0 Å². The second-order valence-corrected chi connectivity index (χ2v) is 3.29. The van der Waals surface area contributed by atoms with Gasteiger partial charge in [-0.3, -0.25) is 4.79 Å². The van der Waals surface area contributed by atoms with Gasteiger partial charge in [-0.25, -0.2) is 4.39 Å². The van der Waals surface area contributed by atoms with Crippen molar-refractivity contribution >= 4 is 6.29 Å². The quantitative estimate of drug-likeness (QED) is 0.806. The molecule has 0 amide bonds. The summed E-state index contributed by atoms with van der Waals surface area (Å²) in [6.45, 7) is 0. The maximum Gasteiger partial charge on any atom is 0.166 e. The van der Waals surface area contributed by atoms with Gasteiger partial charge in [0.05, 0.1) is 12.8 Å². The van der Waals surface area contributed by atoms with Gasteiger partial charge >= 0.3 is 0 Å². The fourth-order valence-corrected chi connectivity index (χ4v) is 1.53. The Labute approximate surface area is 91.9 Å². The first-order valence-corrected chi connectivity index (χ1v) is 4.72. The standard InChI is InChI=1S/C12H10FNO2/c1-16-12-5-2-8(13)6-10(12)11-4-3-9(7-15)14-11/h2-7,14H,1H3. The van der Waals surface area contributed by atoms with Gasteiger partial charge in [-0.2, -0.15) is 0 Å². The minimum absolute atomic E-state index is 0.349. The first kappa shape index (κ1) is 10.4. The summed E-state index contributed by atoms with van der Waals surface area (Å²) in [6, 6.07) is 7.57. The van der Waals surface area contributed by atoms with Crippen LogP contribution in [0.4, 0.5) is 4.39 Å². The molecule has 1 aromatic heterocycles. The molecule has 1 heterocycles. The number of aromatic amines is 1. The lowest BCUT2D eigenvalue weighted by atomic mass is 10.1. The summed E-state index contributed by atoms with van der Waals surface area (Å²) in [5.41, 5.74) is 1.69. The number of rotatable bonds is 3. The topological polar surface area (TPSA) is 42.1 Å². The molecule has 0 saturated heterocycles.